The Balaban J connectivity index is 2.35. The standard InChI is InChI=1S/C15H15F3N2/c1-2-6-19-14-8-4-3-5-11(8)20-15-10(17)7-9(16)13(18)12(14)15/h7H,2-6H2,1H3,(H,19,20). The molecule has 1 aliphatic rings. The maximum atomic E-state index is 14.1. The van der Waals surface area contributed by atoms with Gasteiger partial charge in [-0.2, -0.15) is 0 Å². The van der Waals surface area contributed by atoms with Crippen molar-refractivity contribution in [3.63, 3.8) is 0 Å². The van der Waals surface area contributed by atoms with E-state index in [1.54, 1.807) is 0 Å². The van der Waals surface area contributed by atoms with Gasteiger partial charge in [-0.15, -0.1) is 0 Å². The first-order chi connectivity index (χ1) is 9.63. The van der Waals surface area contributed by atoms with Crippen LogP contribution in [0.5, 0.6) is 0 Å². The highest BCUT2D eigenvalue weighted by molar-refractivity contribution is 5.94. The van der Waals surface area contributed by atoms with E-state index in [0.29, 0.717) is 18.3 Å². The summed E-state index contributed by atoms with van der Waals surface area (Å²) in [6, 6.07) is 0.565. The average Bonchev–Trinajstić information content (AvgIpc) is 2.89. The topological polar surface area (TPSA) is 24.9 Å². The van der Waals surface area contributed by atoms with Crippen LogP contribution >= 0.6 is 0 Å². The van der Waals surface area contributed by atoms with Crippen molar-refractivity contribution in [2.45, 2.75) is 32.6 Å². The molecule has 2 aromatic rings. The first-order valence-electron chi connectivity index (χ1n) is 6.86. The second-order valence-electron chi connectivity index (χ2n) is 5.07. The number of halogens is 3. The Kier molecular flexibility index (Phi) is 3.28. The van der Waals surface area contributed by atoms with E-state index < -0.39 is 17.5 Å². The van der Waals surface area contributed by atoms with Gasteiger partial charge in [-0.1, -0.05) is 6.92 Å². The molecular formula is C15H15F3N2. The van der Waals surface area contributed by atoms with E-state index in [-0.39, 0.29) is 10.9 Å². The number of pyridine rings is 1. The number of aryl methyl sites for hydroxylation is 1. The number of benzene rings is 1. The molecule has 1 aromatic carbocycles. The van der Waals surface area contributed by atoms with E-state index in [4.69, 9.17) is 0 Å². The molecule has 0 saturated heterocycles. The second kappa shape index (κ2) is 4.96. The van der Waals surface area contributed by atoms with Crippen molar-refractivity contribution < 1.29 is 13.2 Å². The maximum absolute atomic E-state index is 14.1. The summed E-state index contributed by atoms with van der Waals surface area (Å²) in [5.41, 5.74) is 2.12. The van der Waals surface area contributed by atoms with Gasteiger partial charge in [-0.05, 0) is 31.2 Å². The van der Waals surface area contributed by atoms with Crippen LogP contribution in [-0.2, 0) is 12.8 Å². The lowest BCUT2D eigenvalue weighted by molar-refractivity contribution is 0.505. The molecule has 1 heterocycles. The number of fused-ring (bicyclic) bond motifs is 2. The number of hydrogen-bond donors (Lipinski definition) is 1. The highest BCUT2D eigenvalue weighted by Gasteiger charge is 2.24. The number of hydrogen-bond acceptors (Lipinski definition) is 2. The fourth-order valence-corrected chi connectivity index (χ4v) is 2.77. The van der Waals surface area contributed by atoms with Crippen LogP contribution in [0.3, 0.4) is 0 Å². The Hall–Kier alpha value is -1.78. The highest BCUT2D eigenvalue weighted by Crippen LogP contribution is 2.37. The van der Waals surface area contributed by atoms with Gasteiger partial charge in [-0.3, -0.25) is 0 Å². The van der Waals surface area contributed by atoms with Gasteiger partial charge in [0.15, 0.2) is 17.5 Å². The molecule has 0 atom stereocenters. The fourth-order valence-electron chi connectivity index (χ4n) is 2.77. The molecule has 3 rings (SSSR count). The van der Waals surface area contributed by atoms with Crippen LogP contribution in [0, 0.1) is 17.5 Å². The number of rotatable bonds is 3. The molecule has 106 valence electrons. The second-order valence-corrected chi connectivity index (χ2v) is 5.07. The van der Waals surface area contributed by atoms with E-state index in [1.165, 1.54) is 0 Å². The zero-order valence-electron chi connectivity index (χ0n) is 11.2. The van der Waals surface area contributed by atoms with Crippen molar-refractivity contribution in [1.82, 2.24) is 4.98 Å². The van der Waals surface area contributed by atoms with E-state index in [9.17, 15) is 13.2 Å². The molecule has 0 saturated carbocycles. The van der Waals surface area contributed by atoms with Gasteiger partial charge in [0.25, 0.3) is 0 Å². The molecule has 0 fully saturated rings. The molecule has 2 nitrogen and oxygen atoms in total. The Bertz CT molecular complexity index is 683. The van der Waals surface area contributed by atoms with E-state index in [1.807, 2.05) is 6.92 Å². The van der Waals surface area contributed by atoms with Gasteiger partial charge < -0.3 is 5.32 Å². The van der Waals surface area contributed by atoms with Gasteiger partial charge >= 0.3 is 0 Å². The van der Waals surface area contributed by atoms with Crippen molar-refractivity contribution in [2.24, 2.45) is 0 Å². The van der Waals surface area contributed by atoms with Gasteiger partial charge in [0.2, 0.25) is 0 Å². The quantitative estimate of drug-likeness (QED) is 0.861. The molecular weight excluding hydrogens is 265 g/mol. The summed E-state index contributed by atoms with van der Waals surface area (Å²) in [6.45, 7) is 2.61. The van der Waals surface area contributed by atoms with Crippen molar-refractivity contribution in [2.75, 3.05) is 11.9 Å². The number of nitrogens with zero attached hydrogens (tertiary/aromatic N) is 1. The lowest BCUT2D eigenvalue weighted by Gasteiger charge is -2.15. The molecule has 1 N–H and O–H groups in total. The van der Waals surface area contributed by atoms with Gasteiger partial charge in [0, 0.05) is 18.3 Å². The summed E-state index contributed by atoms with van der Waals surface area (Å²) >= 11 is 0. The van der Waals surface area contributed by atoms with Crippen molar-refractivity contribution in [3.05, 3.63) is 34.8 Å². The minimum absolute atomic E-state index is 0.0587. The predicted octanol–water partition coefficient (Wildman–Crippen LogP) is 3.96. The van der Waals surface area contributed by atoms with Crippen LogP contribution in [0.4, 0.5) is 18.9 Å². The summed E-state index contributed by atoms with van der Waals surface area (Å²) < 4.78 is 41.5. The van der Waals surface area contributed by atoms with Crippen LogP contribution in [0.1, 0.15) is 31.0 Å². The normalized spacial score (nSPS) is 13.8. The molecule has 0 bridgehead atoms. The zero-order chi connectivity index (χ0) is 14.3. The van der Waals surface area contributed by atoms with E-state index in [0.717, 1.165) is 36.9 Å². The third-order valence-corrected chi connectivity index (χ3v) is 3.68. The molecule has 20 heavy (non-hydrogen) atoms. The van der Waals surface area contributed by atoms with Crippen LogP contribution in [0.25, 0.3) is 10.9 Å². The summed E-state index contributed by atoms with van der Waals surface area (Å²) in [7, 11) is 0. The molecule has 0 unspecified atom stereocenters. The first kappa shape index (κ1) is 13.2. The molecule has 0 amide bonds. The van der Waals surface area contributed by atoms with Gasteiger partial charge in [0.1, 0.15) is 5.52 Å². The molecule has 1 aromatic heterocycles. The smallest absolute Gasteiger partial charge is 0.170 e. The lowest BCUT2D eigenvalue weighted by atomic mass is 10.1. The van der Waals surface area contributed by atoms with Crippen molar-refractivity contribution >= 4 is 16.6 Å². The van der Waals surface area contributed by atoms with Gasteiger partial charge in [0.05, 0.1) is 11.1 Å². The third-order valence-electron chi connectivity index (χ3n) is 3.68. The molecule has 0 aliphatic heterocycles. The number of nitrogens with one attached hydrogen (secondary N) is 1. The Morgan fingerprint density at radius 2 is 2.00 bits per heavy atom. The minimum atomic E-state index is -1.17. The van der Waals surface area contributed by atoms with Crippen LogP contribution in [-0.4, -0.2) is 11.5 Å². The average molecular weight is 280 g/mol. The lowest BCUT2D eigenvalue weighted by Crippen LogP contribution is -2.08. The predicted molar refractivity (Wildman–Crippen MR) is 72.4 cm³/mol. The first-order valence-corrected chi connectivity index (χ1v) is 6.86. The van der Waals surface area contributed by atoms with Crippen molar-refractivity contribution in [1.29, 1.82) is 0 Å². The number of aromatic nitrogens is 1. The maximum Gasteiger partial charge on any atom is 0.170 e. The van der Waals surface area contributed by atoms with Gasteiger partial charge in [-0.25, -0.2) is 18.2 Å². The summed E-state index contributed by atoms with van der Waals surface area (Å²) in [5.74, 6) is -3.01. The Morgan fingerprint density at radius 3 is 2.75 bits per heavy atom. The van der Waals surface area contributed by atoms with Crippen LogP contribution < -0.4 is 5.32 Å². The monoisotopic (exact) mass is 280 g/mol. The zero-order valence-corrected chi connectivity index (χ0v) is 11.2. The largest absolute Gasteiger partial charge is 0.384 e. The summed E-state index contributed by atoms with van der Waals surface area (Å²) in [4.78, 5) is 4.20. The van der Waals surface area contributed by atoms with Crippen LogP contribution in [0.15, 0.2) is 6.07 Å². The molecule has 0 radical (unpaired) electrons. The Labute approximate surface area is 115 Å². The highest BCUT2D eigenvalue weighted by atomic mass is 19.2. The van der Waals surface area contributed by atoms with E-state index >= 15 is 0 Å². The fraction of sp³-hybridized carbons (Fsp3) is 0.400. The van der Waals surface area contributed by atoms with Crippen LogP contribution in [0.2, 0.25) is 0 Å². The molecule has 1 aliphatic carbocycles. The third kappa shape index (κ3) is 1.92. The summed E-state index contributed by atoms with van der Waals surface area (Å²) in [5, 5.41) is 3.06. The van der Waals surface area contributed by atoms with E-state index in [2.05, 4.69) is 10.3 Å². The summed E-state index contributed by atoms with van der Waals surface area (Å²) in [6.07, 6.45) is 3.27. The molecule has 0 spiro atoms. The molecule has 5 heteroatoms. The number of anilines is 1. The SMILES string of the molecule is CCCNc1c2c(nc3c(F)cc(F)c(F)c13)CCC2. The minimum Gasteiger partial charge on any atom is -0.384 e. The van der Waals surface area contributed by atoms with Crippen molar-refractivity contribution in [3.8, 4) is 0 Å². The Morgan fingerprint density at radius 1 is 1.20 bits per heavy atom.